The van der Waals surface area contributed by atoms with Crippen molar-refractivity contribution in [2.75, 3.05) is 49.8 Å². The number of alkyl halides is 3. The number of thiazole rings is 1. The molecule has 1 aromatic carbocycles. The third-order valence-electron chi connectivity index (χ3n) is 5.90. The fraction of sp³-hybridized carbons (Fsp3) is 0.545. The predicted octanol–water partition coefficient (Wildman–Crippen LogP) is 3.11. The lowest BCUT2D eigenvalue weighted by Gasteiger charge is -2.44. The van der Waals surface area contributed by atoms with Crippen LogP contribution < -0.4 is 9.80 Å². The molecule has 1 saturated heterocycles. The molecule has 1 fully saturated rings. The first-order valence-corrected chi connectivity index (χ1v) is 13.6. The second kappa shape index (κ2) is 9.94. The molecular formula is C22H29F3N4O4S2. The van der Waals surface area contributed by atoms with Crippen LogP contribution in [0.5, 0.6) is 0 Å². The number of benzene rings is 1. The zero-order valence-corrected chi connectivity index (χ0v) is 21.8. The molecule has 1 aliphatic rings. The summed E-state index contributed by atoms with van der Waals surface area (Å²) in [6, 6.07) is 4.58. The molecule has 0 aliphatic carbocycles. The van der Waals surface area contributed by atoms with Crippen LogP contribution in [0.25, 0.3) is 0 Å². The third kappa shape index (κ3) is 5.72. The molecule has 0 radical (unpaired) electrons. The first-order valence-electron chi connectivity index (χ1n) is 10.9. The summed E-state index contributed by atoms with van der Waals surface area (Å²) in [6.07, 6.45) is -3.69. The molecule has 194 valence electrons. The summed E-state index contributed by atoms with van der Waals surface area (Å²) < 4.78 is 65.4. The van der Waals surface area contributed by atoms with Crippen LogP contribution in [0.15, 0.2) is 23.1 Å². The molecule has 2 heterocycles. The number of carbonyl (C=O) groups excluding carboxylic acids is 1. The number of aromatic nitrogens is 1. The number of hydrogen-bond donors (Lipinski definition) is 1. The van der Waals surface area contributed by atoms with Gasteiger partial charge in [0.1, 0.15) is 4.88 Å². The number of anilines is 2. The molecule has 2 aromatic rings. The van der Waals surface area contributed by atoms with E-state index in [0.29, 0.717) is 30.9 Å². The summed E-state index contributed by atoms with van der Waals surface area (Å²) >= 11 is 0.736. The number of rotatable bonds is 6. The Morgan fingerprint density at radius 1 is 1.29 bits per heavy atom. The van der Waals surface area contributed by atoms with Crippen molar-refractivity contribution in [2.45, 2.75) is 37.6 Å². The minimum Gasteiger partial charge on any atom is -0.392 e. The lowest BCUT2D eigenvalue weighted by atomic mass is 9.99. The smallest absolute Gasteiger partial charge is 0.392 e. The maximum Gasteiger partial charge on any atom is 0.435 e. The van der Waals surface area contributed by atoms with Crippen molar-refractivity contribution in [3.63, 3.8) is 0 Å². The van der Waals surface area contributed by atoms with Crippen molar-refractivity contribution in [1.82, 2.24) is 9.88 Å². The number of sulfone groups is 1. The van der Waals surface area contributed by atoms with E-state index in [-0.39, 0.29) is 22.0 Å². The topological polar surface area (TPSA) is 94.0 Å². The van der Waals surface area contributed by atoms with Crippen molar-refractivity contribution in [3.05, 3.63) is 34.3 Å². The maximum atomic E-state index is 13.7. The Balaban J connectivity index is 1.97. The van der Waals surface area contributed by atoms with Crippen LogP contribution in [0.1, 0.15) is 34.8 Å². The number of hydrogen-bond acceptors (Lipinski definition) is 8. The molecule has 1 N–H and O–H groups in total. The molecule has 13 heteroatoms. The number of aliphatic hydroxyl groups excluding tert-OH is 1. The zero-order chi connectivity index (χ0) is 26.3. The van der Waals surface area contributed by atoms with Crippen LogP contribution in [0.2, 0.25) is 0 Å². The largest absolute Gasteiger partial charge is 0.435 e. The van der Waals surface area contributed by atoms with Crippen molar-refractivity contribution in [1.29, 1.82) is 0 Å². The van der Waals surface area contributed by atoms with Gasteiger partial charge in [0, 0.05) is 45.7 Å². The van der Waals surface area contributed by atoms with Gasteiger partial charge in [-0.2, -0.15) is 13.2 Å². The summed E-state index contributed by atoms with van der Waals surface area (Å²) in [5, 5.41) is 9.65. The van der Waals surface area contributed by atoms with E-state index in [0.717, 1.165) is 22.5 Å². The Morgan fingerprint density at radius 3 is 2.46 bits per heavy atom. The molecule has 35 heavy (non-hydrogen) atoms. The zero-order valence-electron chi connectivity index (χ0n) is 20.1. The first kappa shape index (κ1) is 27.2. The minimum absolute atomic E-state index is 0.0233. The number of carbonyl (C=O) groups is 1. The molecule has 0 saturated carbocycles. The van der Waals surface area contributed by atoms with E-state index >= 15 is 0 Å². The molecule has 1 unspecified atom stereocenters. The highest BCUT2D eigenvalue weighted by atomic mass is 32.2. The fourth-order valence-corrected chi connectivity index (χ4v) is 6.18. The lowest BCUT2D eigenvalue weighted by molar-refractivity contribution is -0.141. The normalized spacial score (nSPS) is 17.3. The van der Waals surface area contributed by atoms with Gasteiger partial charge in [0.15, 0.2) is 20.7 Å². The van der Waals surface area contributed by atoms with E-state index in [4.69, 9.17) is 0 Å². The number of nitrogens with zero attached hydrogens (tertiary/aromatic N) is 4. The van der Waals surface area contributed by atoms with E-state index < -0.39 is 39.1 Å². The van der Waals surface area contributed by atoms with Crippen molar-refractivity contribution >= 4 is 37.9 Å². The van der Waals surface area contributed by atoms with Gasteiger partial charge >= 0.3 is 6.18 Å². The molecule has 1 atom stereocenters. The number of amides is 1. The molecule has 8 nitrogen and oxygen atoms in total. The second-order valence-electron chi connectivity index (χ2n) is 9.04. The molecular weight excluding hydrogens is 505 g/mol. The Labute approximate surface area is 206 Å². The molecule has 1 amide bonds. The molecule has 0 bridgehead atoms. The van der Waals surface area contributed by atoms with Crippen LogP contribution in [0.3, 0.4) is 0 Å². The predicted molar refractivity (Wildman–Crippen MR) is 129 cm³/mol. The summed E-state index contributed by atoms with van der Waals surface area (Å²) in [6.45, 7) is 4.63. The van der Waals surface area contributed by atoms with Crippen molar-refractivity contribution < 1.29 is 31.5 Å². The summed E-state index contributed by atoms with van der Waals surface area (Å²) in [5.41, 5.74) is -0.235. The summed E-state index contributed by atoms with van der Waals surface area (Å²) in [5.74, 6) is -0.729. The van der Waals surface area contributed by atoms with Crippen LogP contribution in [-0.4, -0.2) is 75.3 Å². The standard InChI is InChI=1S/C22H29F3N4O4S2/c1-13(2)16-11-28(15-7-6-14(12-30)17(10-15)35(5,32)33)8-9-29(16)21-26-19(22(23,24)25)18(34-21)20(31)27(3)4/h6-7,10,13,16,30H,8-9,11-12H2,1-5H3. The Hall–Kier alpha value is -2.38. The Bertz CT molecular complexity index is 1200. The highest BCUT2D eigenvalue weighted by molar-refractivity contribution is 7.90. The van der Waals surface area contributed by atoms with Crippen LogP contribution in [0.4, 0.5) is 24.0 Å². The SMILES string of the molecule is CC(C)C1CN(c2ccc(CO)c(S(C)(=O)=O)c2)CCN1c1nc(C(F)(F)F)c(C(=O)N(C)C)s1. The van der Waals surface area contributed by atoms with Gasteiger partial charge in [-0.25, -0.2) is 13.4 Å². The highest BCUT2D eigenvalue weighted by Crippen LogP contribution is 2.40. The second-order valence-corrected chi connectivity index (χ2v) is 12.0. The maximum absolute atomic E-state index is 13.7. The van der Waals surface area contributed by atoms with E-state index in [2.05, 4.69) is 4.98 Å². The molecule has 0 spiro atoms. The van der Waals surface area contributed by atoms with E-state index in [1.165, 1.54) is 20.2 Å². The van der Waals surface area contributed by atoms with E-state index in [1.54, 1.807) is 17.0 Å². The van der Waals surface area contributed by atoms with Crippen LogP contribution >= 0.6 is 11.3 Å². The van der Waals surface area contributed by atoms with Gasteiger partial charge in [-0.3, -0.25) is 4.79 Å². The lowest BCUT2D eigenvalue weighted by Crippen LogP contribution is -2.55. The quantitative estimate of drug-likeness (QED) is 0.609. The monoisotopic (exact) mass is 534 g/mol. The van der Waals surface area contributed by atoms with Crippen LogP contribution in [0, 0.1) is 5.92 Å². The van der Waals surface area contributed by atoms with Gasteiger partial charge in [0.05, 0.1) is 17.5 Å². The Morgan fingerprint density at radius 2 is 1.94 bits per heavy atom. The van der Waals surface area contributed by atoms with Crippen molar-refractivity contribution in [2.24, 2.45) is 5.92 Å². The van der Waals surface area contributed by atoms with Gasteiger partial charge in [0.2, 0.25) is 0 Å². The van der Waals surface area contributed by atoms with E-state index in [9.17, 15) is 31.5 Å². The first-order chi connectivity index (χ1) is 16.1. The molecule has 1 aliphatic heterocycles. The van der Waals surface area contributed by atoms with Gasteiger partial charge in [-0.05, 0) is 23.6 Å². The number of piperazine rings is 1. The average molecular weight is 535 g/mol. The minimum atomic E-state index is -4.76. The summed E-state index contributed by atoms with van der Waals surface area (Å²) in [7, 11) is -0.783. The highest BCUT2D eigenvalue weighted by Gasteiger charge is 2.42. The van der Waals surface area contributed by atoms with Crippen LogP contribution in [-0.2, 0) is 22.6 Å². The van der Waals surface area contributed by atoms with E-state index in [1.807, 2.05) is 18.7 Å². The van der Waals surface area contributed by atoms with Gasteiger partial charge < -0.3 is 19.8 Å². The Kier molecular flexibility index (Phi) is 7.73. The van der Waals surface area contributed by atoms with Gasteiger partial charge in [0.25, 0.3) is 5.91 Å². The number of aliphatic hydroxyl groups is 1. The third-order valence-corrected chi connectivity index (χ3v) is 8.16. The summed E-state index contributed by atoms with van der Waals surface area (Å²) in [4.78, 5) is 20.8. The van der Waals surface area contributed by atoms with Gasteiger partial charge in [-0.1, -0.05) is 31.3 Å². The fourth-order valence-electron chi connectivity index (χ4n) is 4.04. The number of halogens is 3. The van der Waals surface area contributed by atoms with Gasteiger partial charge in [-0.15, -0.1) is 0 Å². The molecule has 3 rings (SSSR count). The van der Waals surface area contributed by atoms with Crippen molar-refractivity contribution in [3.8, 4) is 0 Å². The molecule has 1 aromatic heterocycles. The average Bonchev–Trinajstić information content (AvgIpc) is 3.23.